The number of amides is 2. The standard InChI is InChI=1S/C25H27F3N4O4/c1-24(2,3)36-23(34)32(18-10-8-17(9-11-18)25(26,27)28)21-12-7-16(22(33)31(5)35-6)13-19(21)20-14-30(4)15-29-20/h7-15H,1-6H3. The van der Waals surface area contributed by atoms with Gasteiger partial charge in [-0.15, -0.1) is 0 Å². The highest BCUT2D eigenvalue weighted by Crippen LogP contribution is 2.38. The van der Waals surface area contributed by atoms with Gasteiger partial charge in [-0.25, -0.2) is 19.7 Å². The molecule has 0 atom stereocenters. The third-order valence-electron chi connectivity index (χ3n) is 5.05. The van der Waals surface area contributed by atoms with Crippen LogP contribution in [0.15, 0.2) is 55.0 Å². The minimum absolute atomic E-state index is 0.141. The zero-order chi connectivity index (χ0) is 26.8. The number of aromatic nitrogens is 2. The first-order valence-electron chi connectivity index (χ1n) is 10.9. The van der Waals surface area contributed by atoms with Crippen molar-refractivity contribution in [3.8, 4) is 11.3 Å². The Morgan fingerprint density at radius 3 is 2.17 bits per heavy atom. The summed E-state index contributed by atoms with van der Waals surface area (Å²) in [6, 6.07) is 8.69. The van der Waals surface area contributed by atoms with E-state index in [2.05, 4.69) is 4.98 Å². The molecule has 0 aliphatic rings. The van der Waals surface area contributed by atoms with Gasteiger partial charge in [0.15, 0.2) is 0 Å². The number of ether oxygens (including phenoxy) is 1. The maximum Gasteiger partial charge on any atom is 0.419 e. The lowest BCUT2D eigenvalue weighted by Gasteiger charge is -2.29. The number of hydroxylamine groups is 2. The van der Waals surface area contributed by atoms with Crippen LogP contribution in [-0.2, 0) is 22.8 Å². The van der Waals surface area contributed by atoms with Crippen molar-refractivity contribution in [1.82, 2.24) is 14.6 Å². The van der Waals surface area contributed by atoms with E-state index in [1.54, 1.807) is 44.9 Å². The van der Waals surface area contributed by atoms with Gasteiger partial charge in [0.05, 0.1) is 36.1 Å². The first-order chi connectivity index (χ1) is 16.7. The molecule has 3 aromatic rings. The molecule has 192 valence electrons. The SMILES string of the molecule is CON(C)C(=O)c1ccc(N(C(=O)OC(C)(C)C)c2ccc(C(F)(F)F)cc2)c(-c2cn(C)cn2)c1. The van der Waals surface area contributed by atoms with E-state index in [1.165, 1.54) is 44.5 Å². The second-order valence-electron chi connectivity index (χ2n) is 9.00. The Bertz CT molecular complexity index is 1250. The van der Waals surface area contributed by atoms with Crippen LogP contribution in [0.2, 0.25) is 0 Å². The summed E-state index contributed by atoms with van der Waals surface area (Å²) in [7, 11) is 4.55. The average molecular weight is 505 g/mol. The summed E-state index contributed by atoms with van der Waals surface area (Å²) in [5, 5.41) is 1.04. The Labute approximate surface area is 206 Å². The molecule has 0 unspecified atom stereocenters. The topological polar surface area (TPSA) is 76.9 Å². The number of anilines is 2. The summed E-state index contributed by atoms with van der Waals surface area (Å²) in [6.45, 7) is 5.04. The van der Waals surface area contributed by atoms with E-state index in [0.29, 0.717) is 11.3 Å². The zero-order valence-corrected chi connectivity index (χ0v) is 20.8. The third-order valence-corrected chi connectivity index (χ3v) is 5.05. The molecule has 0 bridgehead atoms. The zero-order valence-electron chi connectivity index (χ0n) is 20.8. The number of carbonyl (C=O) groups is 2. The molecular weight excluding hydrogens is 477 g/mol. The molecule has 2 amide bonds. The number of imidazole rings is 1. The van der Waals surface area contributed by atoms with Gasteiger partial charge >= 0.3 is 12.3 Å². The molecular formula is C25H27F3N4O4. The quantitative estimate of drug-likeness (QED) is 0.410. The lowest BCUT2D eigenvalue weighted by molar-refractivity contribution is -0.137. The number of hydrogen-bond donors (Lipinski definition) is 0. The van der Waals surface area contributed by atoms with Crippen LogP contribution in [0.3, 0.4) is 0 Å². The van der Waals surface area contributed by atoms with E-state index >= 15 is 0 Å². The fraction of sp³-hybridized carbons (Fsp3) is 0.320. The summed E-state index contributed by atoms with van der Waals surface area (Å²) in [5.41, 5.74) is -0.269. The minimum atomic E-state index is -4.54. The number of benzene rings is 2. The van der Waals surface area contributed by atoms with Crippen molar-refractivity contribution < 1.29 is 32.3 Å². The molecule has 0 saturated heterocycles. The van der Waals surface area contributed by atoms with Gasteiger partial charge < -0.3 is 9.30 Å². The average Bonchev–Trinajstić information content (AvgIpc) is 3.23. The molecule has 0 N–H and O–H groups in total. The second kappa shape index (κ2) is 10.0. The molecule has 2 aromatic carbocycles. The van der Waals surface area contributed by atoms with Crippen molar-refractivity contribution in [3.63, 3.8) is 0 Å². The number of aryl methyl sites for hydroxylation is 1. The summed E-state index contributed by atoms with van der Waals surface area (Å²) < 4.78 is 46.8. The second-order valence-corrected chi connectivity index (χ2v) is 9.00. The van der Waals surface area contributed by atoms with Crippen molar-refractivity contribution in [1.29, 1.82) is 0 Å². The van der Waals surface area contributed by atoms with Crippen LogP contribution in [-0.4, -0.2) is 46.4 Å². The highest BCUT2D eigenvalue weighted by atomic mass is 19.4. The lowest BCUT2D eigenvalue weighted by atomic mass is 10.0. The molecule has 0 aliphatic carbocycles. The van der Waals surface area contributed by atoms with Crippen LogP contribution in [0.1, 0.15) is 36.7 Å². The van der Waals surface area contributed by atoms with Crippen molar-refractivity contribution in [2.75, 3.05) is 19.1 Å². The summed E-state index contributed by atoms with van der Waals surface area (Å²) in [4.78, 5) is 36.6. The Morgan fingerprint density at radius 2 is 1.67 bits per heavy atom. The van der Waals surface area contributed by atoms with Crippen LogP contribution < -0.4 is 4.90 Å². The molecule has 36 heavy (non-hydrogen) atoms. The highest BCUT2D eigenvalue weighted by Gasteiger charge is 2.32. The summed E-state index contributed by atoms with van der Waals surface area (Å²) in [5.74, 6) is -0.445. The van der Waals surface area contributed by atoms with Crippen molar-refractivity contribution in [3.05, 3.63) is 66.1 Å². The maximum atomic E-state index is 13.4. The minimum Gasteiger partial charge on any atom is -0.443 e. The Balaban J connectivity index is 2.23. The van der Waals surface area contributed by atoms with Crippen LogP contribution in [0.25, 0.3) is 11.3 Å². The summed E-state index contributed by atoms with van der Waals surface area (Å²) >= 11 is 0. The fourth-order valence-electron chi connectivity index (χ4n) is 3.34. The van der Waals surface area contributed by atoms with Gasteiger partial charge in [-0.3, -0.25) is 9.63 Å². The smallest absolute Gasteiger partial charge is 0.419 e. The van der Waals surface area contributed by atoms with Gasteiger partial charge in [0.25, 0.3) is 5.91 Å². The molecule has 0 aliphatic heterocycles. The van der Waals surface area contributed by atoms with E-state index in [-0.39, 0.29) is 16.9 Å². The normalized spacial score (nSPS) is 11.8. The van der Waals surface area contributed by atoms with Crippen LogP contribution in [0.4, 0.5) is 29.3 Å². The Morgan fingerprint density at radius 1 is 1.03 bits per heavy atom. The van der Waals surface area contributed by atoms with Gasteiger partial charge in [0.2, 0.25) is 0 Å². The molecule has 0 saturated carbocycles. The monoisotopic (exact) mass is 504 g/mol. The van der Waals surface area contributed by atoms with Crippen molar-refractivity contribution >= 4 is 23.4 Å². The lowest BCUT2D eigenvalue weighted by Crippen LogP contribution is -2.34. The number of hydrogen-bond acceptors (Lipinski definition) is 5. The molecule has 1 heterocycles. The maximum absolute atomic E-state index is 13.4. The first kappa shape index (κ1) is 26.7. The molecule has 0 fully saturated rings. The molecule has 3 rings (SSSR count). The molecule has 8 nitrogen and oxygen atoms in total. The van der Waals surface area contributed by atoms with E-state index in [4.69, 9.17) is 9.57 Å². The van der Waals surface area contributed by atoms with Crippen LogP contribution in [0.5, 0.6) is 0 Å². The van der Waals surface area contributed by atoms with E-state index < -0.39 is 29.3 Å². The van der Waals surface area contributed by atoms with Crippen molar-refractivity contribution in [2.45, 2.75) is 32.5 Å². The number of nitrogens with zero attached hydrogens (tertiary/aromatic N) is 4. The molecule has 1 aromatic heterocycles. The van der Waals surface area contributed by atoms with Gasteiger partial charge in [-0.05, 0) is 63.2 Å². The van der Waals surface area contributed by atoms with E-state index in [1.807, 2.05) is 0 Å². The Kier molecular flexibility index (Phi) is 7.44. The predicted octanol–water partition coefficient (Wildman–Crippen LogP) is 5.81. The number of halogens is 3. The fourth-order valence-corrected chi connectivity index (χ4v) is 3.34. The molecule has 0 radical (unpaired) electrons. The number of carbonyl (C=O) groups excluding carboxylic acids is 2. The van der Waals surface area contributed by atoms with Crippen LogP contribution >= 0.6 is 0 Å². The van der Waals surface area contributed by atoms with Gasteiger partial charge in [-0.2, -0.15) is 13.2 Å². The predicted molar refractivity (Wildman–Crippen MR) is 128 cm³/mol. The molecule has 11 heteroatoms. The molecule has 0 spiro atoms. The number of alkyl halides is 3. The van der Waals surface area contributed by atoms with E-state index in [0.717, 1.165) is 22.1 Å². The highest BCUT2D eigenvalue weighted by molar-refractivity contribution is 6.02. The number of rotatable bonds is 5. The Hall–Kier alpha value is -3.86. The van der Waals surface area contributed by atoms with Gasteiger partial charge in [-0.1, -0.05) is 0 Å². The van der Waals surface area contributed by atoms with Gasteiger partial charge in [0.1, 0.15) is 5.60 Å². The first-order valence-corrected chi connectivity index (χ1v) is 10.9. The van der Waals surface area contributed by atoms with Crippen LogP contribution in [0, 0.1) is 0 Å². The van der Waals surface area contributed by atoms with Crippen molar-refractivity contribution in [2.24, 2.45) is 7.05 Å². The van der Waals surface area contributed by atoms with Gasteiger partial charge in [0, 0.05) is 31.4 Å². The largest absolute Gasteiger partial charge is 0.443 e. The summed E-state index contributed by atoms with van der Waals surface area (Å²) in [6.07, 6.45) is -2.12. The third kappa shape index (κ3) is 6.03. The van der Waals surface area contributed by atoms with E-state index in [9.17, 15) is 22.8 Å².